The fourth-order valence-corrected chi connectivity index (χ4v) is 6.20. The third-order valence-electron chi connectivity index (χ3n) is 9.34. The molecule has 0 saturated heterocycles. The SMILES string of the molecule is CC.CC.Cc1cccc(C)c1.Cc1cccc(OCOCCOC(=O)c2cccc(C)c2)c1.Cc1cccc(Oc2ccc(Oc3cccc(C)c3)cc2)c1.c1ccc(-c2ccccc2)cc1. The van der Waals surface area contributed by atoms with Gasteiger partial charge in [0, 0.05) is 0 Å². The molecular weight excluding hydrogens is 841 g/mol. The van der Waals surface area contributed by atoms with E-state index in [1.807, 2.05) is 177 Å². The van der Waals surface area contributed by atoms with Crippen molar-refractivity contribution in [1.29, 1.82) is 0 Å². The Kier molecular flexibility index (Phi) is 26.1. The van der Waals surface area contributed by atoms with Crippen molar-refractivity contribution < 1.29 is 28.5 Å². The molecule has 8 aromatic carbocycles. The molecule has 0 aliphatic heterocycles. The number of benzene rings is 8. The second-order valence-electron chi connectivity index (χ2n) is 15.2. The average Bonchev–Trinajstić information content (AvgIpc) is 3.36. The van der Waals surface area contributed by atoms with E-state index in [1.54, 1.807) is 12.1 Å². The molecule has 8 aromatic rings. The lowest BCUT2D eigenvalue weighted by Gasteiger charge is -2.09. The van der Waals surface area contributed by atoms with E-state index >= 15 is 0 Å². The van der Waals surface area contributed by atoms with Gasteiger partial charge >= 0.3 is 5.97 Å². The molecule has 8 rings (SSSR count). The van der Waals surface area contributed by atoms with Gasteiger partial charge in [0.05, 0.1) is 12.2 Å². The third-order valence-corrected chi connectivity index (χ3v) is 9.34. The molecule has 0 spiro atoms. The molecular formula is C62H70O6. The minimum atomic E-state index is -0.341. The molecule has 0 aromatic heterocycles. The molecule has 0 aliphatic carbocycles. The topological polar surface area (TPSA) is 63.2 Å². The van der Waals surface area contributed by atoms with Crippen LogP contribution in [0.3, 0.4) is 0 Å². The van der Waals surface area contributed by atoms with Crippen LogP contribution in [-0.2, 0) is 9.47 Å². The molecule has 0 saturated carbocycles. The van der Waals surface area contributed by atoms with E-state index in [9.17, 15) is 4.79 Å². The van der Waals surface area contributed by atoms with Crippen LogP contribution in [0.2, 0.25) is 0 Å². The lowest BCUT2D eigenvalue weighted by molar-refractivity contribution is -0.0116. The molecule has 6 heteroatoms. The summed E-state index contributed by atoms with van der Waals surface area (Å²) in [6.07, 6.45) is 0. The normalized spacial score (nSPS) is 9.62. The van der Waals surface area contributed by atoms with Gasteiger partial charge in [-0.05, 0) is 142 Å². The molecule has 0 bridgehead atoms. The number of esters is 1. The monoisotopic (exact) mass is 911 g/mol. The lowest BCUT2D eigenvalue weighted by atomic mass is 10.1. The molecule has 0 unspecified atom stereocenters. The molecule has 6 nitrogen and oxygen atoms in total. The molecule has 0 fully saturated rings. The van der Waals surface area contributed by atoms with E-state index in [-0.39, 0.29) is 19.4 Å². The fraction of sp³-hybridized carbons (Fsp3) is 0.210. The first-order chi connectivity index (χ1) is 33.1. The second kappa shape index (κ2) is 32.3. The van der Waals surface area contributed by atoms with Gasteiger partial charge < -0.3 is 23.7 Å². The van der Waals surface area contributed by atoms with Crippen molar-refractivity contribution in [2.45, 2.75) is 69.2 Å². The van der Waals surface area contributed by atoms with Gasteiger partial charge in [0.25, 0.3) is 0 Å². The Balaban J connectivity index is 0.000000248. The summed E-state index contributed by atoms with van der Waals surface area (Å²) >= 11 is 0. The Morgan fingerprint density at radius 2 is 0.721 bits per heavy atom. The summed E-state index contributed by atoms with van der Waals surface area (Å²) in [6, 6.07) is 67.9. The van der Waals surface area contributed by atoms with Crippen LogP contribution in [-0.4, -0.2) is 26.0 Å². The van der Waals surface area contributed by atoms with E-state index in [2.05, 4.69) is 86.6 Å². The first-order valence-electron chi connectivity index (χ1n) is 23.3. The van der Waals surface area contributed by atoms with Crippen molar-refractivity contribution >= 4 is 5.97 Å². The van der Waals surface area contributed by atoms with Gasteiger partial charge in [-0.15, -0.1) is 0 Å². The quantitative estimate of drug-likeness (QED) is 0.0691. The van der Waals surface area contributed by atoms with Gasteiger partial charge in [0.15, 0.2) is 6.79 Å². The van der Waals surface area contributed by atoms with Gasteiger partial charge in [0.1, 0.15) is 35.4 Å². The Bertz CT molecular complexity index is 2470. The Hall–Kier alpha value is -7.41. The van der Waals surface area contributed by atoms with Crippen LogP contribution >= 0.6 is 0 Å². The average molecular weight is 911 g/mol. The van der Waals surface area contributed by atoms with E-state index in [4.69, 9.17) is 23.7 Å². The van der Waals surface area contributed by atoms with Crippen LogP contribution in [0.25, 0.3) is 11.1 Å². The number of carbonyl (C=O) groups is 1. The summed E-state index contributed by atoms with van der Waals surface area (Å²) in [4.78, 5) is 11.8. The Labute approximate surface area is 407 Å². The van der Waals surface area contributed by atoms with Gasteiger partial charge in [0.2, 0.25) is 0 Å². The summed E-state index contributed by atoms with van der Waals surface area (Å²) < 4.78 is 27.5. The minimum Gasteiger partial charge on any atom is -0.468 e. The zero-order valence-corrected chi connectivity index (χ0v) is 41.7. The highest BCUT2D eigenvalue weighted by molar-refractivity contribution is 5.89. The largest absolute Gasteiger partial charge is 0.468 e. The van der Waals surface area contributed by atoms with Crippen LogP contribution in [0.5, 0.6) is 28.7 Å². The summed E-state index contributed by atoms with van der Waals surface area (Å²) in [5.41, 5.74) is 10.3. The number of hydrogen-bond acceptors (Lipinski definition) is 6. The first-order valence-corrected chi connectivity index (χ1v) is 23.3. The predicted octanol–water partition coefficient (Wildman–Crippen LogP) is 17.1. The van der Waals surface area contributed by atoms with Crippen LogP contribution in [0, 0.1) is 41.5 Å². The number of hydrogen-bond donors (Lipinski definition) is 0. The molecule has 0 aliphatic rings. The van der Waals surface area contributed by atoms with Crippen molar-refractivity contribution in [3.8, 4) is 39.9 Å². The minimum absolute atomic E-state index is 0.130. The Morgan fingerprint density at radius 3 is 1.12 bits per heavy atom. The van der Waals surface area contributed by atoms with E-state index in [1.165, 1.54) is 33.4 Å². The molecule has 68 heavy (non-hydrogen) atoms. The van der Waals surface area contributed by atoms with E-state index in [0.29, 0.717) is 12.2 Å². The lowest BCUT2D eigenvalue weighted by Crippen LogP contribution is -2.13. The van der Waals surface area contributed by atoms with Crippen molar-refractivity contribution in [2.75, 3.05) is 20.0 Å². The standard InChI is InChI=1S/C20H18O2.C18H20O4.C12H10.C8H10.2C2H6/c1-15-5-3-7-19(13-15)21-17-9-11-18(12-10-17)22-20-8-4-6-16(2)14-20;1-14-5-3-7-16(11-14)18(19)21-10-9-20-13-22-17-8-4-6-15(2)12-17;1-3-7-11(8-4-1)12-9-5-2-6-10-12;1-7-4-3-5-8(2)6-7;2*1-2/h3-14H,1-2H3;3-8,11-12H,9-10,13H2,1-2H3;1-10H;3-6H,1-2H3;2*1-2H3. The zero-order chi connectivity index (χ0) is 49.4. The van der Waals surface area contributed by atoms with Gasteiger partial charge in [-0.25, -0.2) is 4.79 Å². The first kappa shape index (κ1) is 54.9. The second-order valence-corrected chi connectivity index (χ2v) is 15.2. The highest BCUT2D eigenvalue weighted by atomic mass is 16.7. The van der Waals surface area contributed by atoms with Crippen molar-refractivity contribution in [1.82, 2.24) is 0 Å². The number of ether oxygens (including phenoxy) is 5. The molecule has 0 heterocycles. The number of aryl methyl sites for hydroxylation is 6. The fourth-order valence-electron chi connectivity index (χ4n) is 6.20. The maximum Gasteiger partial charge on any atom is 0.338 e. The maximum absolute atomic E-state index is 11.8. The van der Waals surface area contributed by atoms with Crippen LogP contribution in [0.15, 0.2) is 206 Å². The van der Waals surface area contributed by atoms with Crippen molar-refractivity contribution in [3.63, 3.8) is 0 Å². The number of rotatable bonds is 12. The van der Waals surface area contributed by atoms with Crippen LogP contribution in [0.4, 0.5) is 0 Å². The van der Waals surface area contributed by atoms with Crippen LogP contribution < -0.4 is 14.2 Å². The third kappa shape index (κ3) is 22.2. The summed E-state index contributed by atoms with van der Waals surface area (Å²) in [5.74, 6) is 3.69. The zero-order valence-electron chi connectivity index (χ0n) is 41.7. The van der Waals surface area contributed by atoms with E-state index < -0.39 is 0 Å². The molecule has 0 atom stereocenters. The molecule has 0 N–H and O–H groups in total. The van der Waals surface area contributed by atoms with Gasteiger partial charge in [-0.2, -0.15) is 0 Å². The van der Waals surface area contributed by atoms with Crippen LogP contribution in [0.1, 0.15) is 71.4 Å². The highest BCUT2D eigenvalue weighted by Gasteiger charge is 2.07. The van der Waals surface area contributed by atoms with Crippen molar-refractivity contribution in [3.05, 3.63) is 245 Å². The number of carbonyl (C=O) groups excluding carboxylic acids is 1. The predicted molar refractivity (Wildman–Crippen MR) is 284 cm³/mol. The smallest absolute Gasteiger partial charge is 0.338 e. The highest BCUT2D eigenvalue weighted by Crippen LogP contribution is 2.27. The van der Waals surface area contributed by atoms with Gasteiger partial charge in [-0.3, -0.25) is 0 Å². The molecule has 354 valence electrons. The van der Waals surface area contributed by atoms with E-state index in [0.717, 1.165) is 39.9 Å². The molecule has 0 amide bonds. The Morgan fingerprint density at radius 1 is 0.353 bits per heavy atom. The van der Waals surface area contributed by atoms with Crippen molar-refractivity contribution in [2.24, 2.45) is 0 Å². The summed E-state index contributed by atoms with van der Waals surface area (Å²) in [7, 11) is 0. The maximum atomic E-state index is 11.8. The summed E-state index contributed by atoms with van der Waals surface area (Å²) in [5, 5.41) is 0. The van der Waals surface area contributed by atoms with Gasteiger partial charge in [-0.1, -0.05) is 178 Å². The molecule has 0 radical (unpaired) electrons. The summed E-state index contributed by atoms with van der Waals surface area (Å²) in [6.45, 7) is 20.9.